The Hall–Kier alpha value is -2.45. The van der Waals surface area contributed by atoms with Crippen molar-refractivity contribution in [2.75, 3.05) is 19.0 Å². The molecule has 0 radical (unpaired) electrons. The number of fused-ring (bicyclic) bond motifs is 1. The molecule has 0 aliphatic carbocycles. The third kappa shape index (κ3) is 3.81. The molecule has 0 saturated heterocycles. The van der Waals surface area contributed by atoms with Crippen molar-refractivity contribution in [1.82, 2.24) is 19.1 Å². The Morgan fingerprint density at radius 2 is 1.93 bits per heavy atom. The van der Waals surface area contributed by atoms with Gasteiger partial charge in [0, 0.05) is 32.0 Å². The van der Waals surface area contributed by atoms with Crippen LogP contribution in [0.1, 0.15) is 12.5 Å². The van der Waals surface area contributed by atoms with E-state index in [4.69, 9.17) is 4.74 Å². The summed E-state index contributed by atoms with van der Waals surface area (Å²) >= 11 is 1.44. The summed E-state index contributed by atoms with van der Waals surface area (Å²) < 4.78 is 7.87. The molecule has 0 bridgehead atoms. The molecule has 27 heavy (non-hydrogen) atoms. The molecule has 3 rings (SSSR count). The predicted molar refractivity (Wildman–Crippen MR) is 107 cm³/mol. The molecule has 0 spiro atoms. The fourth-order valence-corrected chi connectivity index (χ4v) is 3.66. The van der Waals surface area contributed by atoms with Gasteiger partial charge in [0.05, 0.1) is 6.61 Å². The van der Waals surface area contributed by atoms with E-state index in [1.807, 2.05) is 38.1 Å². The molecular formula is C19H22N4O3S. The van der Waals surface area contributed by atoms with Crippen LogP contribution in [0.25, 0.3) is 22.4 Å². The van der Waals surface area contributed by atoms with Crippen molar-refractivity contribution in [3.63, 3.8) is 0 Å². The monoisotopic (exact) mass is 386 g/mol. The van der Waals surface area contributed by atoms with Crippen LogP contribution in [-0.2, 0) is 18.8 Å². The molecule has 0 aliphatic rings. The van der Waals surface area contributed by atoms with E-state index in [0.717, 1.165) is 15.7 Å². The first-order valence-electron chi connectivity index (χ1n) is 8.69. The lowest BCUT2D eigenvalue weighted by Crippen LogP contribution is -2.37. The Balaban J connectivity index is 2.25. The number of hydrogen-bond donors (Lipinski definition) is 0. The summed E-state index contributed by atoms with van der Waals surface area (Å²) in [7, 11) is 3.08. The van der Waals surface area contributed by atoms with Gasteiger partial charge in [-0.3, -0.25) is 13.9 Å². The molecule has 142 valence electrons. The summed E-state index contributed by atoms with van der Waals surface area (Å²) in [5.74, 6) is 1.15. The molecule has 0 unspecified atom stereocenters. The molecule has 0 saturated carbocycles. The Morgan fingerprint density at radius 3 is 2.63 bits per heavy atom. The number of thioether (sulfide) groups is 1. The largest absolute Gasteiger partial charge is 0.381 e. The normalized spacial score (nSPS) is 11.3. The van der Waals surface area contributed by atoms with Gasteiger partial charge in [-0.2, -0.15) is 0 Å². The summed E-state index contributed by atoms with van der Waals surface area (Å²) in [5.41, 5.74) is 1.47. The molecule has 7 nitrogen and oxygen atoms in total. The van der Waals surface area contributed by atoms with Crippen LogP contribution in [0.15, 0.2) is 38.9 Å². The summed E-state index contributed by atoms with van der Waals surface area (Å²) in [6.07, 6.45) is 0. The van der Waals surface area contributed by atoms with Crippen LogP contribution in [0, 0.1) is 6.92 Å². The minimum Gasteiger partial charge on any atom is -0.381 e. The third-order valence-electron chi connectivity index (χ3n) is 4.21. The van der Waals surface area contributed by atoms with Crippen LogP contribution >= 0.6 is 11.8 Å². The average Bonchev–Trinajstić information content (AvgIpc) is 2.67. The highest BCUT2D eigenvalue weighted by molar-refractivity contribution is 7.99. The number of aryl methyl sites for hydroxylation is 2. The number of aromatic nitrogens is 4. The van der Waals surface area contributed by atoms with Gasteiger partial charge in [0.15, 0.2) is 11.5 Å². The van der Waals surface area contributed by atoms with E-state index in [1.165, 1.54) is 23.4 Å². The zero-order valence-corrected chi connectivity index (χ0v) is 16.7. The van der Waals surface area contributed by atoms with Gasteiger partial charge >= 0.3 is 5.69 Å². The lowest BCUT2D eigenvalue weighted by molar-refractivity contribution is 0.164. The van der Waals surface area contributed by atoms with Gasteiger partial charge in [0.1, 0.15) is 10.4 Å². The van der Waals surface area contributed by atoms with E-state index in [2.05, 4.69) is 9.97 Å². The number of ether oxygens (including phenoxy) is 1. The zero-order chi connectivity index (χ0) is 19.6. The summed E-state index contributed by atoms with van der Waals surface area (Å²) in [6.45, 7) is 5.12. The second-order valence-electron chi connectivity index (χ2n) is 6.17. The van der Waals surface area contributed by atoms with Crippen LogP contribution < -0.4 is 11.2 Å². The molecule has 8 heteroatoms. The minimum atomic E-state index is -0.411. The van der Waals surface area contributed by atoms with Gasteiger partial charge in [0.2, 0.25) is 0 Å². The predicted octanol–water partition coefficient (Wildman–Crippen LogP) is 2.13. The Morgan fingerprint density at radius 1 is 1.15 bits per heavy atom. The Kier molecular flexibility index (Phi) is 5.76. The number of rotatable bonds is 6. The highest BCUT2D eigenvalue weighted by Gasteiger charge is 2.18. The fraction of sp³-hybridized carbons (Fsp3) is 0.368. The quantitative estimate of drug-likeness (QED) is 0.367. The van der Waals surface area contributed by atoms with Crippen LogP contribution in [0.4, 0.5) is 0 Å². The molecule has 0 N–H and O–H groups in total. The summed E-state index contributed by atoms with van der Waals surface area (Å²) in [4.78, 5) is 34.3. The first-order valence-corrected chi connectivity index (χ1v) is 9.68. The lowest BCUT2D eigenvalue weighted by atomic mass is 10.1. The van der Waals surface area contributed by atoms with Crippen molar-refractivity contribution in [3.8, 4) is 11.4 Å². The van der Waals surface area contributed by atoms with Crippen molar-refractivity contribution < 1.29 is 4.74 Å². The molecule has 0 fully saturated rings. The first kappa shape index (κ1) is 19.3. The number of benzene rings is 1. The SMILES string of the molecule is CCOCCSc1nc(-c2cccc(C)c2)nc2c1c(=O)n(C)c(=O)n2C. The van der Waals surface area contributed by atoms with Gasteiger partial charge in [0.25, 0.3) is 5.56 Å². The molecule has 2 heterocycles. The van der Waals surface area contributed by atoms with Crippen LogP contribution in [0.2, 0.25) is 0 Å². The topological polar surface area (TPSA) is 79.0 Å². The second kappa shape index (κ2) is 8.06. The molecule has 1 aromatic carbocycles. The van der Waals surface area contributed by atoms with E-state index in [9.17, 15) is 9.59 Å². The molecule has 3 aromatic rings. The van der Waals surface area contributed by atoms with Gasteiger partial charge in [-0.05, 0) is 19.9 Å². The summed E-state index contributed by atoms with van der Waals surface area (Å²) in [6, 6.07) is 7.83. The lowest BCUT2D eigenvalue weighted by Gasteiger charge is -2.12. The maximum Gasteiger partial charge on any atom is 0.332 e. The average molecular weight is 386 g/mol. The summed E-state index contributed by atoms with van der Waals surface area (Å²) in [5, 5.41) is 0.921. The van der Waals surface area contributed by atoms with Crippen molar-refractivity contribution >= 4 is 22.8 Å². The van der Waals surface area contributed by atoms with Crippen molar-refractivity contribution in [2.24, 2.45) is 14.1 Å². The van der Waals surface area contributed by atoms with Crippen LogP contribution in [0.3, 0.4) is 0 Å². The van der Waals surface area contributed by atoms with E-state index in [0.29, 0.717) is 40.9 Å². The van der Waals surface area contributed by atoms with Crippen molar-refractivity contribution in [2.45, 2.75) is 18.9 Å². The standard InChI is InChI=1S/C19H22N4O3S/c1-5-26-9-10-27-17-14-16(22(3)19(25)23(4)18(14)24)20-15(21-17)13-8-6-7-12(2)11-13/h6-8,11H,5,9-10H2,1-4H3. The Labute approximate surface area is 161 Å². The van der Waals surface area contributed by atoms with Crippen molar-refractivity contribution in [1.29, 1.82) is 0 Å². The second-order valence-corrected chi connectivity index (χ2v) is 7.26. The number of hydrogen-bond acceptors (Lipinski definition) is 6. The van der Waals surface area contributed by atoms with Gasteiger partial charge in [-0.15, -0.1) is 11.8 Å². The molecule has 0 atom stereocenters. The van der Waals surface area contributed by atoms with Gasteiger partial charge in [-0.25, -0.2) is 14.8 Å². The van der Waals surface area contributed by atoms with Crippen LogP contribution in [0.5, 0.6) is 0 Å². The highest BCUT2D eigenvalue weighted by Crippen LogP contribution is 2.26. The minimum absolute atomic E-state index is 0.341. The van der Waals surface area contributed by atoms with Crippen LogP contribution in [-0.4, -0.2) is 38.1 Å². The maximum atomic E-state index is 12.7. The van der Waals surface area contributed by atoms with E-state index in [1.54, 1.807) is 7.05 Å². The fourth-order valence-electron chi connectivity index (χ4n) is 2.79. The molecule has 2 aromatic heterocycles. The number of nitrogens with zero attached hydrogens (tertiary/aromatic N) is 4. The molecular weight excluding hydrogens is 364 g/mol. The van der Waals surface area contributed by atoms with Gasteiger partial charge in [-0.1, -0.05) is 23.8 Å². The maximum absolute atomic E-state index is 12.7. The highest BCUT2D eigenvalue weighted by atomic mass is 32.2. The van der Waals surface area contributed by atoms with Crippen molar-refractivity contribution in [3.05, 3.63) is 50.7 Å². The van der Waals surface area contributed by atoms with E-state index in [-0.39, 0.29) is 5.56 Å². The third-order valence-corrected chi connectivity index (χ3v) is 5.15. The smallest absolute Gasteiger partial charge is 0.332 e. The Bertz CT molecular complexity index is 1100. The molecule has 0 amide bonds. The zero-order valence-electron chi connectivity index (χ0n) is 15.9. The molecule has 0 aliphatic heterocycles. The van der Waals surface area contributed by atoms with Gasteiger partial charge < -0.3 is 4.74 Å². The van der Waals surface area contributed by atoms with E-state index < -0.39 is 5.69 Å². The van der Waals surface area contributed by atoms with E-state index >= 15 is 0 Å². The first-order chi connectivity index (χ1) is 12.9.